The van der Waals surface area contributed by atoms with E-state index in [9.17, 15) is 4.79 Å². The predicted octanol–water partition coefficient (Wildman–Crippen LogP) is 3.63. The Morgan fingerprint density at radius 2 is 2.04 bits per heavy atom. The molecule has 2 aromatic rings. The lowest BCUT2D eigenvalue weighted by Gasteiger charge is -2.28. The second-order valence-electron chi connectivity index (χ2n) is 7.34. The molecular formula is C21H29N3O2. The van der Waals surface area contributed by atoms with E-state index in [0.717, 1.165) is 61.8 Å². The molecule has 1 N–H and O–H groups in total. The summed E-state index contributed by atoms with van der Waals surface area (Å²) in [4.78, 5) is 22.3. The van der Waals surface area contributed by atoms with Gasteiger partial charge in [-0.15, -0.1) is 0 Å². The lowest BCUT2D eigenvalue weighted by atomic mass is 10.0. The average molecular weight is 355 g/mol. The Morgan fingerprint density at radius 1 is 1.27 bits per heavy atom. The summed E-state index contributed by atoms with van der Waals surface area (Å²) in [6, 6.07) is 8.29. The number of fused-ring (bicyclic) bond motifs is 1. The number of benzene rings is 1. The van der Waals surface area contributed by atoms with Gasteiger partial charge in [-0.05, 0) is 24.1 Å². The maximum Gasteiger partial charge on any atom is 0.255 e. The molecule has 1 aromatic carbocycles. The van der Waals surface area contributed by atoms with Crippen LogP contribution in [0, 0.1) is 0 Å². The number of ether oxygens (including phenoxy) is 1. The summed E-state index contributed by atoms with van der Waals surface area (Å²) >= 11 is 0. The van der Waals surface area contributed by atoms with Crippen LogP contribution in [0.4, 0.5) is 0 Å². The normalized spacial score (nSPS) is 14.5. The van der Waals surface area contributed by atoms with Gasteiger partial charge in [-0.25, -0.2) is 4.98 Å². The molecule has 140 valence electrons. The van der Waals surface area contributed by atoms with Crippen molar-refractivity contribution < 1.29 is 4.74 Å². The molecule has 5 nitrogen and oxygen atoms in total. The van der Waals surface area contributed by atoms with E-state index in [2.05, 4.69) is 47.8 Å². The number of hydrogen-bond acceptors (Lipinski definition) is 4. The topological polar surface area (TPSA) is 58.2 Å². The zero-order valence-electron chi connectivity index (χ0n) is 16.0. The number of nitrogens with zero attached hydrogens (tertiary/aromatic N) is 2. The highest BCUT2D eigenvalue weighted by Gasteiger charge is 2.21. The van der Waals surface area contributed by atoms with E-state index in [-0.39, 0.29) is 11.5 Å². The van der Waals surface area contributed by atoms with Crippen LogP contribution >= 0.6 is 0 Å². The van der Waals surface area contributed by atoms with Gasteiger partial charge in [-0.3, -0.25) is 9.69 Å². The van der Waals surface area contributed by atoms with Gasteiger partial charge in [0.15, 0.2) is 0 Å². The minimum atomic E-state index is 0.0167. The highest BCUT2D eigenvalue weighted by atomic mass is 16.5. The average Bonchev–Trinajstić information content (AvgIpc) is 2.63. The van der Waals surface area contributed by atoms with E-state index in [1.165, 1.54) is 5.56 Å². The highest BCUT2D eigenvalue weighted by molar-refractivity contribution is 5.28. The second kappa shape index (κ2) is 8.49. The van der Waals surface area contributed by atoms with Crippen molar-refractivity contribution in [3.63, 3.8) is 0 Å². The molecule has 0 aliphatic carbocycles. The van der Waals surface area contributed by atoms with Gasteiger partial charge in [-0.2, -0.15) is 0 Å². The summed E-state index contributed by atoms with van der Waals surface area (Å²) in [6.07, 6.45) is 3.05. The quantitative estimate of drug-likeness (QED) is 0.771. The number of nitrogens with one attached hydrogen (secondary N) is 1. The summed E-state index contributed by atoms with van der Waals surface area (Å²) < 4.78 is 5.72. The molecule has 5 heteroatoms. The number of rotatable bonds is 7. The first-order valence-corrected chi connectivity index (χ1v) is 9.63. The SMILES string of the molecule is CCCCOc1ccc(CN2CCc3nc(C(C)C)[nH]c(=O)c3C2)cc1. The van der Waals surface area contributed by atoms with Crippen LogP contribution in [0.2, 0.25) is 0 Å². The Labute approximate surface area is 155 Å². The third kappa shape index (κ3) is 4.52. The Kier molecular flexibility index (Phi) is 6.09. The van der Waals surface area contributed by atoms with Crippen molar-refractivity contribution in [1.29, 1.82) is 0 Å². The van der Waals surface area contributed by atoms with Gasteiger partial charge in [-0.1, -0.05) is 39.3 Å². The van der Waals surface area contributed by atoms with E-state index in [4.69, 9.17) is 4.74 Å². The molecule has 1 aromatic heterocycles. The molecule has 0 unspecified atom stereocenters. The lowest BCUT2D eigenvalue weighted by molar-refractivity contribution is 0.241. The molecule has 1 aliphatic heterocycles. The summed E-state index contributed by atoms with van der Waals surface area (Å²) in [5.41, 5.74) is 3.04. The van der Waals surface area contributed by atoms with Gasteiger partial charge in [0, 0.05) is 32.0 Å². The van der Waals surface area contributed by atoms with Gasteiger partial charge >= 0.3 is 0 Å². The lowest BCUT2D eigenvalue weighted by Crippen LogP contribution is -2.35. The molecule has 0 fully saturated rings. The van der Waals surface area contributed by atoms with Crippen LogP contribution < -0.4 is 10.3 Å². The number of H-pyrrole nitrogens is 1. The summed E-state index contributed by atoms with van der Waals surface area (Å²) in [7, 11) is 0. The van der Waals surface area contributed by atoms with Crippen molar-refractivity contribution in [2.45, 2.75) is 59.0 Å². The zero-order valence-corrected chi connectivity index (χ0v) is 16.0. The van der Waals surface area contributed by atoms with Gasteiger partial charge in [0.2, 0.25) is 0 Å². The van der Waals surface area contributed by atoms with Crippen molar-refractivity contribution >= 4 is 0 Å². The molecule has 0 bridgehead atoms. The number of aromatic nitrogens is 2. The monoisotopic (exact) mass is 355 g/mol. The van der Waals surface area contributed by atoms with E-state index in [0.29, 0.717) is 6.54 Å². The Morgan fingerprint density at radius 3 is 2.73 bits per heavy atom. The van der Waals surface area contributed by atoms with Crippen molar-refractivity contribution in [2.75, 3.05) is 13.2 Å². The minimum absolute atomic E-state index is 0.0167. The standard InChI is InChI=1S/C21H29N3O2/c1-4-5-12-26-17-8-6-16(7-9-17)13-24-11-10-19-18(14-24)21(25)23-20(22-19)15(2)3/h6-9,15H,4-5,10-14H2,1-3H3,(H,22,23,25). The Bertz CT molecular complexity index is 781. The van der Waals surface area contributed by atoms with E-state index in [1.807, 2.05) is 12.1 Å². The second-order valence-corrected chi connectivity index (χ2v) is 7.34. The first-order chi connectivity index (χ1) is 12.6. The Hall–Kier alpha value is -2.14. The van der Waals surface area contributed by atoms with E-state index >= 15 is 0 Å². The van der Waals surface area contributed by atoms with Gasteiger partial charge in [0.25, 0.3) is 5.56 Å². The predicted molar refractivity (Wildman–Crippen MR) is 104 cm³/mol. The molecule has 2 heterocycles. The third-order valence-electron chi connectivity index (χ3n) is 4.81. The fourth-order valence-electron chi connectivity index (χ4n) is 3.19. The summed E-state index contributed by atoms with van der Waals surface area (Å²) in [5, 5.41) is 0. The fourth-order valence-corrected chi connectivity index (χ4v) is 3.19. The van der Waals surface area contributed by atoms with Crippen LogP contribution in [-0.4, -0.2) is 28.0 Å². The van der Waals surface area contributed by atoms with Gasteiger partial charge < -0.3 is 9.72 Å². The van der Waals surface area contributed by atoms with Gasteiger partial charge in [0.05, 0.1) is 17.9 Å². The highest BCUT2D eigenvalue weighted by Crippen LogP contribution is 2.19. The zero-order chi connectivity index (χ0) is 18.5. The van der Waals surface area contributed by atoms with Crippen molar-refractivity contribution in [1.82, 2.24) is 14.9 Å². The number of aromatic amines is 1. The molecule has 1 aliphatic rings. The van der Waals surface area contributed by atoms with E-state index < -0.39 is 0 Å². The number of hydrogen-bond donors (Lipinski definition) is 1. The molecular weight excluding hydrogens is 326 g/mol. The third-order valence-corrected chi connectivity index (χ3v) is 4.81. The van der Waals surface area contributed by atoms with E-state index in [1.54, 1.807) is 0 Å². The molecule has 0 saturated heterocycles. The summed E-state index contributed by atoms with van der Waals surface area (Å²) in [6.45, 7) is 9.45. The van der Waals surface area contributed by atoms with Gasteiger partial charge in [0.1, 0.15) is 11.6 Å². The maximum absolute atomic E-state index is 12.4. The maximum atomic E-state index is 12.4. The molecule has 26 heavy (non-hydrogen) atoms. The summed E-state index contributed by atoms with van der Waals surface area (Å²) in [5.74, 6) is 1.96. The molecule has 0 spiro atoms. The largest absolute Gasteiger partial charge is 0.494 e. The Balaban J connectivity index is 1.63. The molecule has 0 saturated carbocycles. The molecule has 0 amide bonds. The smallest absolute Gasteiger partial charge is 0.255 e. The van der Waals surface area contributed by atoms with Crippen LogP contribution in [0.15, 0.2) is 29.1 Å². The van der Waals surface area contributed by atoms with Crippen LogP contribution in [0.1, 0.15) is 62.2 Å². The van der Waals surface area contributed by atoms with Crippen molar-refractivity contribution in [2.24, 2.45) is 0 Å². The minimum Gasteiger partial charge on any atom is -0.494 e. The molecule has 0 radical (unpaired) electrons. The first kappa shape index (κ1) is 18.6. The van der Waals surface area contributed by atoms with Crippen molar-refractivity contribution in [3.8, 4) is 5.75 Å². The molecule has 3 rings (SSSR count). The number of unbranched alkanes of at least 4 members (excludes halogenated alkanes) is 1. The first-order valence-electron chi connectivity index (χ1n) is 9.63. The van der Waals surface area contributed by atoms with Crippen LogP contribution in [-0.2, 0) is 19.5 Å². The van der Waals surface area contributed by atoms with Crippen LogP contribution in [0.5, 0.6) is 5.75 Å². The fraction of sp³-hybridized carbons (Fsp3) is 0.524. The van der Waals surface area contributed by atoms with Crippen LogP contribution in [0.25, 0.3) is 0 Å². The van der Waals surface area contributed by atoms with Crippen LogP contribution in [0.3, 0.4) is 0 Å². The molecule has 0 atom stereocenters. The van der Waals surface area contributed by atoms with Crippen molar-refractivity contribution in [3.05, 3.63) is 57.3 Å².